The van der Waals surface area contributed by atoms with E-state index in [-0.39, 0.29) is 32.0 Å². The summed E-state index contributed by atoms with van der Waals surface area (Å²) < 4.78 is 4.84. The van der Waals surface area contributed by atoms with Gasteiger partial charge in [-0.15, -0.1) is 0 Å². The topological polar surface area (TPSA) is 99.2 Å². The predicted octanol–water partition coefficient (Wildman–Crippen LogP) is -0.258. The van der Waals surface area contributed by atoms with Gasteiger partial charge in [0.25, 0.3) is 0 Å². The fourth-order valence-electron chi connectivity index (χ4n) is 2.13. The van der Waals surface area contributed by atoms with Crippen LogP contribution in [0.1, 0.15) is 19.3 Å². The summed E-state index contributed by atoms with van der Waals surface area (Å²) in [5.74, 6) is -1.07. The molecule has 0 aromatic heterocycles. The van der Waals surface area contributed by atoms with Crippen LogP contribution in [0.2, 0.25) is 0 Å². The number of aliphatic carboxylic acids is 1. The van der Waals surface area contributed by atoms with Crippen LogP contribution in [0.4, 0.5) is 4.79 Å². The van der Waals surface area contributed by atoms with Crippen molar-refractivity contribution < 1.29 is 24.2 Å². The number of rotatable bonds is 8. The van der Waals surface area contributed by atoms with Crippen LogP contribution in [0.3, 0.4) is 0 Å². The van der Waals surface area contributed by atoms with Gasteiger partial charge < -0.3 is 25.0 Å². The summed E-state index contributed by atoms with van der Waals surface area (Å²) in [6.07, 6.45) is 2.29. The van der Waals surface area contributed by atoms with Gasteiger partial charge >= 0.3 is 12.0 Å². The molecule has 1 rings (SSSR count). The molecule has 1 aliphatic rings. The van der Waals surface area contributed by atoms with Crippen molar-refractivity contribution in [3.63, 3.8) is 0 Å². The molecule has 8 heteroatoms. The highest BCUT2D eigenvalue weighted by Crippen LogP contribution is 2.08. The van der Waals surface area contributed by atoms with Crippen LogP contribution in [-0.4, -0.2) is 79.3 Å². The van der Waals surface area contributed by atoms with Gasteiger partial charge in [-0.1, -0.05) is 0 Å². The summed E-state index contributed by atoms with van der Waals surface area (Å²) in [7, 11) is 1.48. The van der Waals surface area contributed by atoms with Gasteiger partial charge in [-0.3, -0.25) is 9.59 Å². The minimum Gasteiger partial charge on any atom is -0.480 e. The number of nitrogens with zero attached hydrogens (tertiary/aromatic N) is 2. The van der Waals surface area contributed by atoms with Gasteiger partial charge in [0.2, 0.25) is 5.91 Å². The lowest BCUT2D eigenvalue weighted by Crippen LogP contribution is -2.45. The molecule has 21 heavy (non-hydrogen) atoms. The van der Waals surface area contributed by atoms with Crippen molar-refractivity contribution in [3.8, 4) is 0 Å². The predicted molar refractivity (Wildman–Crippen MR) is 74.9 cm³/mol. The molecule has 0 saturated carbocycles. The van der Waals surface area contributed by atoms with Crippen LogP contribution in [0.25, 0.3) is 0 Å². The number of carboxylic acids is 1. The standard InChI is InChI=1S/C13H23N3O5/c1-21-9-8-16(10-12(18)19)13(20)14-5-4-11(17)15-6-2-3-7-15/h2-10H2,1H3,(H,14,20)(H,18,19). The normalized spacial score (nSPS) is 14.0. The lowest BCUT2D eigenvalue weighted by atomic mass is 10.3. The van der Waals surface area contributed by atoms with Crippen LogP contribution in [0.15, 0.2) is 0 Å². The first-order chi connectivity index (χ1) is 10.0. The Morgan fingerprint density at radius 3 is 2.52 bits per heavy atom. The molecule has 120 valence electrons. The molecule has 0 bridgehead atoms. The molecular weight excluding hydrogens is 278 g/mol. The first kappa shape index (κ1) is 17.2. The Labute approximate surface area is 124 Å². The monoisotopic (exact) mass is 301 g/mol. The molecule has 0 aromatic rings. The second-order valence-corrected chi connectivity index (χ2v) is 4.88. The number of carbonyl (C=O) groups excluding carboxylic acids is 2. The van der Waals surface area contributed by atoms with Crippen molar-refractivity contribution >= 4 is 17.9 Å². The maximum atomic E-state index is 11.9. The third-order valence-electron chi connectivity index (χ3n) is 3.25. The largest absolute Gasteiger partial charge is 0.480 e. The van der Waals surface area contributed by atoms with Crippen molar-refractivity contribution in [1.29, 1.82) is 0 Å². The van der Waals surface area contributed by atoms with E-state index >= 15 is 0 Å². The number of urea groups is 1. The van der Waals surface area contributed by atoms with Gasteiger partial charge in [0.15, 0.2) is 0 Å². The summed E-state index contributed by atoms with van der Waals surface area (Å²) in [4.78, 5) is 37.3. The molecule has 0 unspecified atom stereocenters. The minimum atomic E-state index is -1.09. The van der Waals surface area contributed by atoms with E-state index in [0.29, 0.717) is 0 Å². The smallest absolute Gasteiger partial charge is 0.323 e. The third kappa shape index (κ3) is 6.44. The Morgan fingerprint density at radius 1 is 1.29 bits per heavy atom. The van der Waals surface area contributed by atoms with Crippen LogP contribution in [0, 0.1) is 0 Å². The molecule has 0 radical (unpaired) electrons. The molecule has 1 aliphatic heterocycles. The first-order valence-electron chi connectivity index (χ1n) is 7.06. The number of hydrogen-bond acceptors (Lipinski definition) is 4. The molecule has 0 aliphatic carbocycles. The molecule has 2 N–H and O–H groups in total. The minimum absolute atomic E-state index is 0.0227. The van der Waals surface area contributed by atoms with E-state index in [1.807, 2.05) is 0 Å². The quantitative estimate of drug-likeness (QED) is 0.643. The van der Waals surface area contributed by atoms with Crippen molar-refractivity contribution in [2.75, 3.05) is 46.4 Å². The number of ether oxygens (including phenoxy) is 1. The number of carboxylic acid groups (broad SMARTS) is 1. The van der Waals surface area contributed by atoms with E-state index in [0.717, 1.165) is 30.8 Å². The average Bonchev–Trinajstić information content (AvgIpc) is 2.96. The number of hydrogen-bond donors (Lipinski definition) is 2. The van der Waals surface area contributed by atoms with Crippen LogP contribution >= 0.6 is 0 Å². The van der Waals surface area contributed by atoms with Crippen LogP contribution in [0.5, 0.6) is 0 Å². The summed E-state index contributed by atoms with van der Waals surface area (Å²) in [6, 6.07) is -0.497. The van der Waals surface area contributed by atoms with Crippen molar-refractivity contribution in [1.82, 2.24) is 15.1 Å². The zero-order chi connectivity index (χ0) is 15.7. The van der Waals surface area contributed by atoms with Crippen molar-refractivity contribution in [2.45, 2.75) is 19.3 Å². The highest BCUT2D eigenvalue weighted by molar-refractivity contribution is 5.81. The van der Waals surface area contributed by atoms with E-state index in [2.05, 4.69) is 5.32 Å². The van der Waals surface area contributed by atoms with E-state index in [9.17, 15) is 14.4 Å². The fourth-order valence-corrected chi connectivity index (χ4v) is 2.13. The van der Waals surface area contributed by atoms with Gasteiger partial charge in [0, 0.05) is 39.7 Å². The van der Waals surface area contributed by atoms with E-state index in [4.69, 9.17) is 9.84 Å². The molecular formula is C13H23N3O5. The summed E-state index contributed by atoms with van der Waals surface area (Å²) >= 11 is 0. The van der Waals surface area contributed by atoms with Crippen molar-refractivity contribution in [3.05, 3.63) is 0 Å². The van der Waals surface area contributed by atoms with E-state index < -0.39 is 18.5 Å². The Morgan fingerprint density at radius 2 is 1.95 bits per heavy atom. The highest BCUT2D eigenvalue weighted by Gasteiger charge is 2.19. The Kier molecular flexibility index (Phi) is 7.52. The first-order valence-corrected chi connectivity index (χ1v) is 7.06. The molecule has 1 heterocycles. The van der Waals surface area contributed by atoms with Gasteiger partial charge in [-0.25, -0.2) is 4.79 Å². The molecule has 3 amide bonds. The number of amides is 3. The van der Waals surface area contributed by atoms with Gasteiger partial charge in [0.05, 0.1) is 6.61 Å². The second-order valence-electron chi connectivity index (χ2n) is 4.88. The summed E-state index contributed by atoms with van der Waals surface area (Å²) in [5, 5.41) is 11.3. The highest BCUT2D eigenvalue weighted by atomic mass is 16.5. The summed E-state index contributed by atoms with van der Waals surface area (Å²) in [5.41, 5.74) is 0. The SMILES string of the molecule is COCCN(CC(=O)O)C(=O)NCCC(=O)N1CCCC1. The molecule has 8 nitrogen and oxygen atoms in total. The number of methoxy groups -OCH3 is 1. The van der Waals surface area contributed by atoms with Gasteiger partial charge in [-0.2, -0.15) is 0 Å². The maximum absolute atomic E-state index is 11.9. The fraction of sp³-hybridized carbons (Fsp3) is 0.769. The second kappa shape index (κ2) is 9.17. The molecule has 0 atom stereocenters. The number of carbonyl (C=O) groups is 3. The van der Waals surface area contributed by atoms with Crippen molar-refractivity contribution in [2.24, 2.45) is 0 Å². The molecule has 1 saturated heterocycles. The Bertz CT molecular complexity index is 369. The average molecular weight is 301 g/mol. The lowest BCUT2D eigenvalue weighted by Gasteiger charge is -2.21. The number of likely N-dealkylation sites (tertiary alicyclic amines) is 1. The number of nitrogens with one attached hydrogen (secondary N) is 1. The van der Waals surface area contributed by atoms with E-state index in [1.165, 1.54) is 7.11 Å². The zero-order valence-corrected chi connectivity index (χ0v) is 12.3. The Hall–Kier alpha value is -1.83. The Balaban J connectivity index is 2.31. The zero-order valence-electron chi connectivity index (χ0n) is 12.3. The van der Waals surface area contributed by atoms with E-state index in [1.54, 1.807) is 4.90 Å². The molecule has 0 aromatic carbocycles. The molecule has 0 spiro atoms. The third-order valence-corrected chi connectivity index (χ3v) is 3.25. The lowest BCUT2D eigenvalue weighted by molar-refractivity contribution is -0.137. The molecule has 1 fully saturated rings. The van der Waals surface area contributed by atoms with Crippen LogP contribution < -0.4 is 5.32 Å². The summed E-state index contributed by atoms with van der Waals surface area (Å²) in [6.45, 7) is 1.83. The van der Waals surface area contributed by atoms with Gasteiger partial charge in [-0.05, 0) is 12.8 Å². The van der Waals surface area contributed by atoms with Gasteiger partial charge in [0.1, 0.15) is 6.54 Å². The maximum Gasteiger partial charge on any atom is 0.323 e. The van der Waals surface area contributed by atoms with Crippen LogP contribution in [-0.2, 0) is 14.3 Å².